The van der Waals surface area contributed by atoms with Gasteiger partial charge < -0.3 is 9.94 Å². The smallest absolute Gasteiger partial charge is 0.359 e. The average molecular weight is 230 g/mol. The number of nitrogens with one attached hydrogen (secondary N) is 1. The van der Waals surface area contributed by atoms with Gasteiger partial charge in [0, 0.05) is 0 Å². The summed E-state index contributed by atoms with van der Waals surface area (Å²) in [7, 11) is 0. The van der Waals surface area contributed by atoms with Crippen molar-refractivity contribution >= 4 is 29.2 Å². The maximum absolute atomic E-state index is 10.8. The highest BCUT2D eigenvalue weighted by Gasteiger charge is 2.39. The third kappa shape index (κ3) is 2.78. The van der Waals surface area contributed by atoms with Gasteiger partial charge in [0.2, 0.25) is 11.5 Å². The highest BCUT2D eigenvalue weighted by Crippen LogP contribution is 2.14. The van der Waals surface area contributed by atoms with E-state index in [1.807, 2.05) is 0 Å². The fourth-order valence-electron chi connectivity index (χ4n) is 0.788. The van der Waals surface area contributed by atoms with E-state index in [0.717, 1.165) is 11.9 Å². The number of carboxylic acids is 1. The Kier molecular flexibility index (Phi) is 3.83. The molecule has 1 heterocycles. The van der Waals surface area contributed by atoms with Crippen LogP contribution in [0.2, 0.25) is 0 Å². The molecule has 0 radical (unpaired) electrons. The fourth-order valence-corrected chi connectivity index (χ4v) is 1.39. The molecule has 1 unspecified atom stereocenters. The van der Waals surface area contributed by atoms with Gasteiger partial charge in [-0.3, -0.25) is 5.73 Å². The Labute approximate surface area is 90.2 Å². The predicted octanol–water partition coefficient (Wildman–Crippen LogP) is -0.478. The number of hydrogen-bond acceptors (Lipinski definition) is 7. The van der Waals surface area contributed by atoms with Crippen molar-refractivity contribution in [3.05, 3.63) is 12.7 Å². The summed E-state index contributed by atoms with van der Waals surface area (Å²) in [6.07, 6.45) is 1.44. The lowest BCUT2D eigenvalue weighted by Crippen LogP contribution is -2.56. The molecule has 8 heteroatoms. The number of nitrogens with zero attached hydrogens (tertiary/aromatic N) is 2. The first-order valence-corrected chi connectivity index (χ1v) is 4.78. The maximum Gasteiger partial charge on any atom is 0.359 e. The van der Waals surface area contributed by atoms with Crippen LogP contribution in [0.1, 0.15) is 0 Å². The lowest BCUT2D eigenvalue weighted by Gasteiger charge is -2.18. The zero-order valence-electron chi connectivity index (χ0n) is 7.71. The maximum atomic E-state index is 10.8. The molecular formula is C7H10N4O3S. The van der Waals surface area contributed by atoms with Crippen molar-refractivity contribution in [2.75, 3.05) is 6.61 Å². The molecule has 4 N–H and O–H groups in total. The molecule has 0 aromatic carbocycles. The van der Waals surface area contributed by atoms with E-state index in [9.17, 15) is 4.79 Å². The van der Waals surface area contributed by atoms with E-state index in [2.05, 4.69) is 26.3 Å². The SMILES string of the molecule is C=CCON=C(C(=O)O)C1(N)N=CSN1. The second-order valence-electron chi connectivity index (χ2n) is 2.55. The lowest BCUT2D eigenvalue weighted by molar-refractivity contribution is -0.130. The molecule has 82 valence electrons. The van der Waals surface area contributed by atoms with E-state index in [0.29, 0.717) is 0 Å². The van der Waals surface area contributed by atoms with Gasteiger partial charge in [0.25, 0.3) is 0 Å². The van der Waals surface area contributed by atoms with Gasteiger partial charge in [0.05, 0.1) is 5.55 Å². The highest BCUT2D eigenvalue weighted by molar-refractivity contribution is 8.10. The van der Waals surface area contributed by atoms with Crippen LogP contribution in [0.25, 0.3) is 0 Å². The van der Waals surface area contributed by atoms with E-state index in [1.165, 1.54) is 11.6 Å². The van der Waals surface area contributed by atoms with Crippen LogP contribution in [-0.4, -0.2) is 34.7 Å². The van der Waals surface area contributed by atoms with E-state index in [1.54, 1.807) is 0 Å². The minimum atomic E-state index is -1.54. The summed E-state index contributed by atoms with van der Waals surface area (Å²) in [4.78, 5) is 19.3. The first kappa shape index (κ1) is 11.7. The molecule has 7 nitrogen and oxygen atoms in total. The summed E-state index contributed by atoms with van der Waals surface area (Å²) in [5.41, 5.74) is 6.62. The van der Waals surface area contributed by atoms with Crippen LogP contribution in [0.15, 0.2) is 22.8 Å². The van der Waals surface area contributed by atoms with Crippen molar-refractivity contribution in [2.45, 2.75) is 5.79 Å². The third-order valence-corrected chi connectivity index (χ3v) is 2.08. The van der Waals surface area contributed by atoms with Gasteiger partial charge in [0.1, 0.15) is 6.61 Å². The van der Waals surface area contributed by atoms with Crippen LogP contribution in [0.3, 0.4) is 0 Å². The standard InChI is InChI=1S/C7H10N4O3S/c1-2-3-14-10-5(6(12)13)7(8)9-4-15-11-7/h2,4,11H,1,3,8H2,(H,12,13). The number of hydrogen-bond donors (Lipinski definition) is 3. The fraction of sp³-hybridized carbons (Fsp3) is 0.286. The van der Waals surface area contributed by atoms with E-state index in [-0.39, 0.29) is 6.61 Å². The molecule has 0 bridgehead atoms. The topological polar surface area (TPSA) is 109 Å². The molecule has 1 aliphatic heterocycles. The van der Waals surface area contributed by atoms with Crippen LogP contribution < -0.4 is 10.5 Å². The Bertz CT molecular complexity index is 330. The van der Waals surface area contributed by atoms with Crippen molar-refractivity contribution in [2.24, 2.45) is 15.9 Å². The van der Waals surface area contributed by atoms with Crippen molar-refractivity contribution in [1.29, 1.82) is 0 Å². The summed E-state index contributed by atoms with van der Waals surface area (Å²) in [5, 5.41) is 12.3. The lowest BCUT2D eigenvalue weighted by atomic mass is 10.2. The van der Waals surface area contributed by atoms with Crippen LogP contribution in [0.5, 0.6) is 0 Å². The first-order chi connectivity index (χ1) is 7.10. The average Bonchev–Trinajstić information content (AvgIpc) is 2.60. The summed E-state index contributed by atoms with van der Waals surface area (Å²) in [6, 6.07) is 0. The number of aliphatic imine (C=N–C) groups is 1. The van der Waals surface area contributed by atoms with Crippen molar-refractivity contribution < 1.29 is 14.7 Å². The van der Waals surface area contributed by atoms with Gasteiger partial charge in [-0.05, 0) is 11.9 Å². The Hall–Kier alpha value is -1.38. The Balaban J connectivity index is 2.82. The molecule has 0 aromatic rings. The van der Waals surface area contributed by atoms with Crippen molar-refractivity contribution in [1.82, 2.24) is 4.72 Å². The molecular weight excluding hydrogens is 220 g/mol. The Morgan fingerprint density at radius 1 is 1.93 bits per heavy atom. The van der Waals surface area contributed by atoms with Gasteiger partial charge in [-0.25, -0.2) is 14.5 Å². The van der Waals surface area contributed by atoms with Gasteiger partial charge in [-0.1, -0.05) is 17.8 Å². The van der Waals surface area contributed by atoms with Gasteiger partial charge in [-0.15, -0.1) is 0 Å². The number of nitrogens with two attached hydrogens (primary N) is 1. The molecule has 0 amide bonds. The van der Waals surface area contributed by atoms with Crippen molar-refractivity contribution in [3.8, 4) is 0 Å². The number of rotatable bonds is 5. The molecule has 0 spiro atoms. The molecule has 0 saturated carbocycles. The number of carbonyl (C=O) groups is 1. The molecule has 1 rings (SSSR count). The van der Waals surface area contributed by atoms with E-state index in [4.69, 9.17) is 10.8 Å². The van der Waals surface area contributed by atoms with Gasteiger partial charge in [-0.2, -0.15) is 0 Å². The monoisotopic (exact) mass is 230 g/mol. The normalized spacial score (nSPS) is 25.3. The molecule has 0 saturated heterocycles. The highest BCUT2D eigenvalue weighted by atomic mass is 32.2. The summed E-state index contributed by atoms with van der Waals surface area (Å²) >= 11 is 1.08. The Morgan fingerprint density at radius 3 is 3.13 bits per heavy atom. The second kappa shape index (κ2) is 4.91. The minimum Gasteiger partial charge on any atom is -0.477 e. The van der Waals surface area contributed by atoms with Gasteiger partial charge in [0.15, 0.2) is 0 Å². The molecule has 1 atom stereocenters. The molecule has 1 aliphatic rings. The number of oxime groups is 1. The summed E-state index contributed by atoms with van der Waals surface area (Å²) < 4.78 is 2.60. The van der Waals surface area contributed by atoms with E-state index < -0.39 is 17.5 Å². The zero-order chi connectivity index (χ0) is 11.3. The molecule has 0 fully saturated rings. The predicted molar refractivity (Wildman–Crippen MR) is 57.4 cm³/mol. The van der Waals surface area contributed by atoms with E-state index >= 15 is 0 Å². The van der Waals surface area contributed by atoms with Crippen LogP contribution in [0, 0.1) is 0 Å². The third-order valence-electron chi connectivity index (χ3n) is 1.44. The molecule has 0 aliphatic carbocycles. The molecule has 0 aromatic heterocycles. The van der Waals surface area contributed by atoms with Crippen LogP contribution in [-0.2, 0) is 9.63 Å². The number of carboxylic acid groups (broad SMARTS) is 1. The number of aliphatic carboxylic acids is 1. The molecule has 15 heavy (non-hydrogen) atoms. The quantitative estimate of drug-likeness (QED) is 0.193. The zero-order valence-corrected chi connectivity index (χ0v) is 8.53. The minimum absolute atomic E-state index is 0.101. The summed E-state index contributed by atoms with van der Waals surface area (Å²) in [5.74, 6) is -2.84. The second-order valence-corrected chi connectivity index (χ2v) is 3.20. The Morgan fingerprint density at radius 2 is 2.67 bits per heavy atom. The van der Waals surface area contributed by atoms with Gasteiger partial charge >= 0.3 is 5.97 Å². The van der Waals surface area contributed by atoms with Crippen LogP contribution >= 0.6 is 11.9 Å². The largest absolute Gasteiger partial charge is 0.477 e. The first-order valence-electron chi connectivity index (χ1n) is 3.90. The van der Waals surface area contributed by atoms with Crippen LogP contribution in [0.4, 0.5) is 0 Å². The van der Waals surface area contributed by atoms with Crippen molar-refractivity contribution in [3.63, 3.8) is 0 Å². The summed E-state index contributed by atoms with van der Waals surface area (Å²) in [6.45, 7) is 3.50.